The summed E-state index contributed by atoms with van der Waals surface area (Å²) in [4.78, 5) is 0. The summed E-state index contributed by atoms with van der Waals surface area (Å²) in [6.45, 7) is 3.36. The minimum Gasteiger partial charge on any atom is -0.411 e. The lowest BCUT2D eigenvalue weighted by atomic mass is 10.0. The Bertz CT molecular complexity index is 420. The van der Waals surface area contributed by atoms with Crippen molar-refractivity contribution in [3.05, 3.63) is 30.1 Å². The van der Waals surface area contributed by atoms with Crippen molar-refractivity contribution in [3.8, 4) is 0 Å². The molecule has 4 heteroatoms. The highest BCUT2D eigenvalue weighted by molar-refractivity contribution is 8.93. The van der Waals surface area contributed by atoms with Crippen LogP contribution in [-0.4, -0.2) is 11.4 Å². The van der Waals surface area contributed by atoms with Crippen LogP contribution in [0.4, 0.5) is 0 Å². The predicted octanol–water partition coefficient (Wildman–Crippen LogP) is 6.45. The second kappa shape index (κ2) is 17.9. The minimum absolute atomic E-state index is 0. The van der Waals surface area contributed by atoms with E-state index in [9.17, 15) is 0 Å². The van der Waals surface area contributed by atoms with Gasteiger partial charge in [0.25, 0.3) is 0 Å². The minimum atomic E-state index is 0. The van der Waals surface area contributed by atoms with Gasteiger partial charge in [0.2, 0.25) is 0 Å². The number of hydrogen-bond acceptors (Lipinski definition) is 2. The van der Waals surface area contributed by atoms with Gasteiger partial charge in [-0.3, -0.25) is 0 Å². The molecule has 1 heterocycles. The van der Waals surface area contributed by atoms with E-state index in [1.165, 1.54) is 89.7 Å². The average Bonchev–Trinajstić information content (AvgIpc) is 2.60. The molecule has 0 aromatic carbocycles. The molecule has 0 amide bonds. The summed E-state index contributed by atoms with van der Waals surface area (Å²) >= 11 is 0. The molecule has 144 valence electrons. The molecule has 0 aliphatic heterocycles. The van der Waals surface area contributed by atoms with Crippen LogP contribution < -0.4 is 4.57 Å². The molecular weight excluding hydrogens is 376 g/mol. The second-order valence-electron chi connectivity index (χ2n) is 6.86. The third kappa shape index (κ3) is 14.0. The van der Waals surface area contributed by atoms with Crippen molar-refractivity contribution < 1.29 is 9.77 Å². The van der Waals surface area contributed by atoms with Crippen molar-refractivity contribution >= 4 is 23.2 Å². The Hall–Kier alpha value is -0.900. The lowest BCUT2D eigenvalue weighted by molar-refractivity contribution is -0.697. The molecule has 0 unspecified atom stereocenters. The summed E-state index contributed by atoms with van der Waals surface area (Å²) in [5.74, 6) is 0. The standard InChI is InChI=1S/C21H36N2O.BrH/c1-2-3-4-5-6-7-8-9-10-11-12-13-14-17-23-18-15-21(16-19-23)20-22-24;/h15-16,18-20H,2-14,17H2,1H3;1H/p+1. The van der Waals surface area contributed by atoms with Gasteiger partial charge in [0.05, 0.1) is 6.21 Å². The molecule has 0 aliphatic rings. The Kier molecular flexibility index (Phi) is 17.3. The van der Waals surface area contributed by atoms with Crippen molar-refractivity contribution in [2.75, 3.05) is 0 Å². The molecular formula is C21H38BrN2O+. The summed E-state index contributed by atoms with van der Waals surface area (Å²) in [7, 11) is 0. The number of oxime groups is 1. The van der Waals surface area contributed by atoms with Crippen molar-refractivity contribution in [2.45, 2.75) is 96.9 Å². The van der Waals surface area contributed by atoms with E-state index < -0.39 is 0 Å². The van der Waals surface area contributed by atoms with Gasteiger partial charge in [-0.1, -0.05) is 82.7 Å². The Morgan fingerprint density at radius 2 is 1.24 bits per heavy atom. The van der Waals surface area contributed by atoms with Crippen LogP contribution in [0.1, 0.15) is 96.0 Å². The highest BCUT2D eigenvalue weighted by atomic mass is 79.9. The molecule has 0 bridgehead atoms. The van der Waals surface area contributed by atoms with Crippen molar-refractivity contribution in [2.24, 2.45) is 5.16 Å². The maximum Gasteiger partial charge on any atom is 0.169 e. The predicted molar refractivity (Wildman–Crippen MR) is 112 cm³/mol. The van der Waals surface area contributed by atoms with E-state index in [4.69, 9.17) is 5.21 Å². The maximum atomic E-state index is 8.49. The summed E-state index contributed by atoms with van der Waals surface area (Å²) in [6, 6.07) is 3.95. The molecule has 0 aliphatic carbocycles. The van der Waals surface area contributed by atoms with Gasteiger partial charge >= 0.3 is 0 Å². The van der Waals surface area contributed by atoms with E-state index in [0.717, 1.165) is 12.1 Å². The number of hydrogen-bond donors (Lipinski definition) is 1. The number of pyridine rings is 1. The summed E-state index contributed by atoms with van der Waals surface area (Å²) in [5.41, 5.74) is 0.930. The SMILES string of the molecule is Br.CCCCCCCCCCCCCCC[n+]1ccc(/C=N\O)cc1. The number of aromatic nitrogens is 1. The Labute approximate surface area is 165 Å². The molecule has 25 heavy (non-hydrogen) atoms. The average molecular weight is 414 g/mol. The van der Waals surface area contributed by atoms with E-state index in [1.54, 1.807) is 0 Å². The van der Waals surface area contributed by atoms with E-state index >= 15 is 0 Å². The lowest BCUT2D eigenvalue weighted by Gasteiger charge is -2.02. The zero-order valence-corrected chi connectivity index (χ0v) is 17.7. The molecule has 0 radical (unpaired) electrons. The smallest absolute Gasteiger partial charge is 0.169 e. The van der Waals surface area contributed by atoms with Crippen molar-refractivity contribution in [1.29, 1.82) is 0 Å². The highest BCUT2D eigenvalue weighted by Crippen LogP contribution is 2.12. The second-order valence-corrected chi connectivity index (χ2v) is 6.86. The van der Waals surface area contributed by atoms with Gasteiger partial charge in [0, 0.05) is 24.1 Å². The fraction of sp³-hybridized carbons (Fsp3) is 0.714. The molecule has 1 aromatic rings. The van der Waals surface area contributed by atoms with Gasteiger partial charge in [-0.05, 0) is 6.42 Å². The van der Waals surface area contributed by atoms with Gasteiger partial charge < -0.3 is 5.21 Å². The van der Waals surface area contributed by atoms with Crippen LogP contribution in [0.25, 0.3) is 0 Å². The van der Waals surface area contributed by atoms with E-state index in [2.05, 4.69) is 29.0 Å². The van der Waals surface area contributed by atoms with Gasteiger partial charge in [0.1, 0.15) is 6.54 Å². The number of halogens is 1. The van der Waals surface area contributed by atoms with Crippen molar-refractivity contribution in [3.63, 3.8) is 0 Å². The zero-order valence-electron chi connectivity index (χ0n) is 16.0. The number of rotatable bonds is 15. The van der Waals surface area contributed by atoms with E-state index in [-0.39, 0.29) is 17.0 Å². The van der Waals surface area contributed by atoms with Gasteiger partial charge in [-0.25, -0.2) is 4.57 Å². The number of aryl methyl sites for hydroxylation is 1. The zero-order chi connectivity index (χ0) is 17.3. The summed E-state index contributed by atoms with van der Waals surface area (Å²) < 4.78 is 2.20. The first-order valence-corrected chi connectivity index (χ1v) is 10.0. The fourth-order valence-corrected chi connectivity index (χ4v) is 3.08. The van der Waals surface area contributed by atoms with Crippen LogP contribution >= 0.6 is 17.0 Å². The Morgan fingerprint density at radius 3 is 1.68 bits per heavy atom. The van der Waals surface area contributed by atoms with Crippen LogP contribution in [0.2, 0.25) is 0 Å². The monoisotopic (exact) mass is 413 g/mol. The van der Waals surface area contributed by atoms with Crippen LogP contribution in [-0.2, 0) is 6.54 Å². The summed E-state index contributed by atoms with van der Waals surface area (Å²) in [6.07, 6.45) is 23.7. The van der Waals surface area contributed by atoms with Crippen LogP contribution in [0.15, 0.2) is 29.7 Å². The molecule has 0 fully saturated rings. The van der Waals surface area contributed by atoms with Gasteiger partial charge in [0.15, 0.2) is 12.4 Å². The third-order valence-corrected chi connectivity index (χ3v) is 4.64. The van der Waals surface area contributed by atoms with Crippen LogP contribution in [0.5, 0.6) is 0 Å². The first-order valence-electron chi connectivity index (χ1n) is 10.0. The first kappa shape index (κ1) is 24.1. The highest BCUT2D eigenvalue weighted by Gasteiger charge is 2.00. The molecule has 0 saturated carbocycles. The normalized spacial score (nSPS) is 10.9. The quantitative estimate of drug-likeness (QED) is 0.116. The van der Waals surface area contributed by atoms with E-state index in [1.807, 2.05) is 12.1 Å². The maximum absolute atomic E-state index is 8.49. The molecule has 0 atom stereocenters. The Morgan fingerprint density at radius 1 is 0.800 bits per heavy atom. The molecule has 1 rings (SSSR count). The molecule has 1 aromatic heterocycles. The first-order chi connectivity index (χ1) is 11.9. The summed E-state index contributed by atoms with van der Waals surface area (Å²) in [5, 5.41) is 11.5. The molecule has 1 N–H and O–H groups in total. The van der Waals surface area contributed by atoms with Crippen LogP contribution in [0, 0.1) is 0 Å². The van der Waals surface area contributed by atoms with Gasteiger partial charge in [-0.15, -0.1) is 17.0 Å². The van der Waals surface area contributed by atoms with Gasteiger partial charge in [-0.2, -0.15) is 0 Å². The van der Waals surface area contributed by atoms with Crippen molar-refractivity contribution in [1.82, 2.24) is 0 Å². The molecule has 0 spiro atoms. The Balaban J connectivity index is 0.00000576. The topological polar surface area (TPSA) is 36.5 Å². The molecule has 0 saturated heterocycles. The largest absolute Gasteiger partial charge is 0.411 e. The van der Waals surface area contributed by atoms with Crippen LogP contribution in [0.3, 0.4) is 0 Å². The van der Waals surface area contributed by atoms with E-state index in [0.29, 0.717) is 0 Å². The fourth-order valence-electron chi connectivity index (χ4n) is 3.08. The third-order valence-electron chi connectivity index (χ3n) is 4.64. The molecule has 3 nitrogen and oxygen atoms in total. The lowest BCUT2D eigenvalue weighted by Crippen LogP contribution is -2.32. The number of unbranched alkanes of at least 4 members (excludes halogenated alkanes) is 12. The number of nitrogens with zero attached hydrogens (tertiary/aromatic N) is 2.